The van der Waals surface area contributed by atoms with Crippen LogP contribution in [0.25, 0.3) is 0 Å². The molecule has 0 aliphatic rings. The third-order valence-corrected chi connectivity index (χ3v) is 2.93. The third kappa shape index (κ3) is 7.90. The van der Waals surface area contributed by atoms with E-state index >= 15 is 0 Å². The van der Waals surface area contributed by atoms with Gasteiger partial charge in [-0.3, -0.25) is 4.57 Å². The number of phosphoric acid groups is 1. The minimum atomic E-state index is -4.17. The Morgan fingerprint density at radius 2 is 2.20 bits per heavy atom. The van der Waals surface area contributed by atoms with E-state index in [4.69, 9.17) is 10.8 Å². The lowest BCUT2D eigenvalue weighted by Crippen LogP contribution is -2.17. The minimum Gasteiger partial charge on any atom is -0.756 e. The Hall–Kier alpha value is 0.0300. The van der Waals surface area contributed by atoms with Gasteiger partial charge in [-0.05, 0) is 19.4 Å². The number of hydrogen-bond donors (Lipinski definition) is 2. The van der Waals surface area contributed by atoms with Crippen LogP contribution in [-0.2, 0) is 13.6 Å². The Morgan fingerprint density at radius 1 is 1.53 bits per heavy atom. The molecule has 92 valence electrons. The molecule has 0 fully saturated rings. The maximum atomic E-state index is 10.8. The van der Waals surface area contributed by atoms with Gasteiger partial charge in [0.25, 0.3) is 7.82 Å². The molecule has 0 heterocycles. The maximum absolute atomic E-state index is 10.8. The maximum Gasteiger partial charge on any atom is 0.267 e. The quantitative estimate of drug-likeness (QED) is 0.429. The van der Waals surface area contributed by atoms with Crippen LogP contribution in [0.4, 0.5) is 0 Å². The van der Waals surface area contributed by atoms with Gasteiger partial charge >= 0.3 is 0 Å². The fourth-order valence-electron chi connectivity index (χ4n) is 1.05. The molecule has 2 unspecified atom stereocenters. The summed E-state index contributed by atoms with van der Waals surface area (Å²) in [5.74, 6) is -0.186. The number of unbranched alkanes of at least 4 members (excludes halogenated alkanes) is 1. The first kappa shape index (κ1) is 15.0. The summed E-state index contributed by atoms with van der Waals surface area (Å²) in [7, 11) is -3.13. The molecule has 0 spiro atoms. The third-order valence-electron chi connectivity index (χ3n) is 2.02. The van der Waals surface area contributed by atoms with E-state index < -0.39 is 7.82 Å². The van der Waals surface area contributed by atoms with Crippen LogP contribution in [0.1, 0.15) is 19.3 Å². The van der Waals surface area contributed by atoms with Gasteiger partial charge in [0, 0.05) is 19.6 Å². The first-order valence-electron chi connectivity index (χ1n) is 4.88. The van der Waals surface area contributed by atoms with E-state index in [1.165, 1.54) is 0 Å². The molecule has 0 aromatic heterocycles. The summed E-state index contributed by atoms with van der Waals surface area (Å²) in [6.07, 6.45) is 2.40. The highest BCUT2D eigenvalue weighted by Gasteiger charge is 2.12. The molecule has 2 atom stereocenters. The Balaban J connectivity index is 3.74. The van der Waals surface area contributed by atoms with Crippen molar-refractivity contribution in [2.75, 3.05) is 26.9 Å². The standard InChI is InChI=1S/C8H20NO5P/c1-13-15(11,12)14-7-8(6-10)4-2-3-5-9/h8,10H,2-7,9H2,1H3,(H,11,12)/p-1. The van der Waals surface area contributed by atoms with Crippen LogP contribution in [0.5, 0.6) is 0 Å². The summed E-state index contributed by atoms with van der Waals surface area (Å²) in [5, 5.41) is 8.95. The molecule has 0 aromatic rings. The summed E-state index contributed by atoms with van der Waals surface area (Å²) >= 11 is 0. The number of hydrogen-bond acceptors (Lipinski definition) is 6. The summed E-state index contributed by atoms with van der Waals surface area (Å²) < 4.78 is 19.5. The van der Waals surface area contributed by atoms with Crippen LogP contribution in [-0.4, -0.2) is 32.0 Å². The zero-order valence-corrected chi connectivity index (χ0v) is 9.82. The second kappa shape index (κ2) is 8.21. The van der Waals surface area contributed by atoms with Crippen LogP contribution in [0, 0.1) is 5.92 Å². The predicted octanol–water partition coefficient (Wildman–Crippen LogP) is -0.145. The van der Waals surface area contributed by atoms with Crippen molar-refractivity contribution >= 4 is 7.82 Å². The average molecular weight is 240 g/mol. The van der Waals surface area contributed by atoms with Gasteiger partial charge in [0.2, 0.25) is 0 Å². The molecule has 0 rings (SSSR count). The molecule has 0 aromatic carbocycles. The number of nitrogens with two attached hydrogens (primary N) is 1. The summed E-state index contributed by atoms with van der Waals surface area (Å²) in [4.78, 5) is 10.8. The van der Waals surface area contributed by atoms with Gasteiger partial charge in [-0.2, -0.15) is 0 Å². The second-order valence-corrected chi connectivity index (χ2v) is 4.78. The highest BCUT2D eigenvalue weighted by atomic mass is 31.2. The fourth-order valence-corrected chi connectivity index (χ4v) is 1.55. The van der Waals surface area contributed by atoms with Crippen molar-refractivity contribution in [3.63, 3.8) is 0 Å². The zero-order valence-electron chi connectivity index (χ0n) is 8.92. The van der Waals surface area contributed by atoms with Crippen molar-refractivity contribution in [2.45, 2.75) is 19.3 Å². The molecule has 3 N–H and O–H groups in total. The molecule has 0 radical (unpaired) electrons. The van der Waals surface area contributed by atoms with Crippen LogP contribution in [0.2, 0.25) is 0 Å². The van der Waals surface area contributed by atoms with E-state index in [1.54, 1.807) is 0 Å². The first-order valence-corrected chi connectivity index (χ1v) is 6.34. The van der Waals surface area contributed by atoms with Crippen LogP contribution in [0.3, 0.4) is 0 Å². The van der Waals surface area contributed by atoms with E-state index in [1.807, 2.05) is 0 Å². The Morgan fingerprint density at radius 3 is 2.67 bits per heavy atom. The molecule has 0 saturated heterocycles. The average Bonchev–Trinajstić information content (AvgIpc) is 2.23. The first-order chi connectivity index (χ1) is 7.05. The molecule has 7 heteroatoms. The largest absolute Gasteiger partial charge is 0.756 e. The van der Waals surface area contributed by atoms with Gasteiger partial charge in [-0.15, -0.1) is 0 Å². The van der Waals surface area contributed by atoms with Crippen molar-refractivity contribution in [1.29, 1.82) is 0 Å². The molecule has 0 aliphatic carbocycles. The normalized spacial score (nSPS) is 17.3. The van der Waals surface area contributed by atoms with Gasteiger partial charge in [0.05, 0.1) is 6.61 Å². The predicted molar refractivity (Wildman–Crippen MR) is 54.0 cm³/mol. The van der Waals surface area contributed by atoms with E-state index in [9.17, 15) is 9.46 Å². The lowest BCUT2D eigenvalue weighted by molar-refractivity contribution is -0.224. The molecule has 6 nitrogen and oxygen atoms in total. The van der Waals surface area contributed by atoms with Gasteiger partial charge in [0.15, 0.2) is 0 Å². The van der Waals surface area contributed by atoms with Crippen LogP contribution >= 0.6 is 7.82 Å². The second-order valence-electron chi connectivity index (χ2n) is 3.26. The van der Waals surface area contributed by atoms with Crippen molar-refractivity contribution in [1.82, 2.24) is 0 Å². The number of aliphatic hydroxyl groups is 1. The smallest absolute Gasteiger partial charge is 0.267 e. The Kier molecular flexibility index (Phi) is 8.23. The van der Waals surface area contributed by atoms with Crippen molar-refractivity contribution in [3.8, 4) is 0 Å². The summed E-state index contributed by atoms with van der Waals surface area (Å²) in [6, 6.07) is 0. The van der Waals surface area contributed by atoms with Gasteiger partial charge in [-0.25, -0.2) is 0 Å². The van der Waals surface area contributed by atoms with Crippen LogP contribution in [0.15, 0.2) is 0 Å². The van der Waals surface area contributed by atoms with E-state index in [0.29, 0.717) is 13.0 Å². The number of rotatable bonds is 9. The van der Waals surface area contributed by atoms with E-state index in [0.717, 1.165) is 20.0 Å². The molecule has 0 bridgehead atoms. The number of phosphoric ester groups is 1. The molecule has 0 amide bonds. The molecule has 15 heavy (non-hydrogen) atoms. The van der Waals surface area contributed by atoms with Crippen molar-refractivity contribution < 1.29 is 23.6 Å². The molecule has 0 aliphatic heterocycles. The van der Waals surface area contributed by atoms with Crippen molar-refractivity contribution in [2.24, 2.45) is 11.7 Å². The molecule has 0 saturated carbocycles. The minimum absolute atomic E-state index is 0.0459. The topological polar surface area (TPSA) is 105 Å². The zero-order chi connectivity index (χ0) is 11.7. The highest BCUT2D eigenvalue weighted by molar-refractivity contribution is 7.45. The van der Waals surface area contributed by atoms with E-state index in [2.05, 4.69) is 9.05 Å². The molecular formula is C8H19NO5P-. The van der Waals surface area contributed by atoms with Gasteiger partial charge in [-0.1, -0.05) is 6.42 Å². The summed E-state index contributed by atoms with van der Waals surface area (Å²) in [5.41, 5.74) is 5.31. The Labute approximate surface area is 90.0 Å². The van der Waals surface area contributed by atoms with Crippen LogP contribution < -0.4 is 10.6 Å². The summed E-state index contributed by atoms with van der Waals surface area (Å²) in [6.45, 7) is 0.446. The van der Waals surface area contributed by atoms with E-state index in [-0.39, 0.29) is 19.1 Å². The fraction of sp³-hybridized carbons (Fsp3) is 1.00. The SMILES string of the molecule is COP(=O)([O-])OCC(CO)CCCCN. The lowest BCUT2D eigenvalue weighted by Gasteiger charge is -2.23. The number of aliphatic hydroxyl groups excluding tert-OH is 1. The van der Waals surface area contributed by atoms with Gasteiger partial charge in [0.1, 0.15) is 0 Å². The van der Waals surface area contributed by atoms with Crippen molar-refractivity contribution in [3.05, 3.63) is 0 Å². The Bertz CT molecular complexity index is 201. The highest BCUT2D eigenvalue weighted by Crippen LogP contribution is 2.37. The van der Waals surface area contributed by atoms with Gasteiger partial charge < -0.3 is 24.8 Å². The monoisotopic (exact) mass is 240 g/mol. The molecular weight excluding hydrogens is 221 g/mol. The lowest BCUT2D eigenvalue weighted by atomic mass is 10.0.